The van der Waals surface area contributed by atoms with Crippen LogP contribution in [0.25, 0.3) is 0 Å². The first kappa shape index (κ1) is 12.8. The number of ether oxygens (including phenoxy) is 1. The van der Waals surface area contributed by atoms with Gasteiger partial charge in [0.25, 0.3) is 0 Å². The minimum Gasteiger partial charge on any atom is -0.379 e. The van der Waals surface area contributed by atoms with Gasteiger partial charge in [-0.25, -0.2) is 0 Å². The number of rotatable bonds is 3. The maximum absolute atomic E-state index is 12.4. The van der Waals surface area contributed by atoms with E-state index in [0.717, 1.165) is 25.9 Å². The van der Waals surface area contributed by atoms with Crippen LogP contribution in [-0.4, -0.2) is 42.3 Å². The molecule has 2 aliphatic heterocycles. The average Bonchev–Trinajstić information content (AvgIpc) is 2.65. The van der Waals surface area contributed by atoms with Gasteiger partial charge in [0.1, 0.15) is 0 Å². The fraction of sp³-hybridized carbons (Fsp3) is 0.923. The fourth-order valence-corrected chi connectivity index (χ4v) is 2.85. The monoisotopic (exact) mass is 240 g/mol. The van der Waals surface area contributed by atoms with Gasteiger partial charge in [-0.1, -0.05) is 20.3 Å². The molecule has 98 valence electrons. The maximum atomic E-state index is 12.4. The van der Waals surface area contributed by atoms with Crippen molar-refractivity contribution >= 4 is 5.91 Å². The number of amides is 1. The molecule has 0 radical (unpaired) electrons. The van der Waals surface area contributed by atoms with Gasteiger partial charge in [-0.3, -0.25) is 10.1 Å². The lowest BCUT2D eigenvalue weighted by molar-refractivity contribution is -0.135. The number of nitrogens with zero attached hydrogens (tertiary/aromatic N) is 1. The molecule has 0 spiro atoms. The van der Waals surface area contributed by atoms with Crippen LogP contribution in [0.2, 0.25) is 0 Å². The summed E-state index contributed by atoms with van der Waals surface area (Å²) < 4.78 is 5.49. The quantitative estimate of drug-likeness (QED) is 0.810. The highest BCUT2D eigenvalue weighted by Gasteiger charge is 2.42. The fourth-order valence-electron chi connectivity index (χ4n) is 2.85. The summed E-state index contributed by atoms with van der Waals surface area (Å²) in [5.74, 6) is 0.668. The van der Waals surface area contributed by atoms with Crippen molar-refractivity contribution in [1.82, 2.24) is 10.2 Å². The van der Waals surface area contributed by atoms with Gasteiger partial charge in [0.2, 0.25) is 5.91 Å². The molecule has 2 aliphatic rings. The van der Waals surface area contributed by atoms with Crippen LogP contribution in [0.1, 0.15) is 40.0 Å². The molecule has 1 amide bonds. The maximum Gasteiger partial charge on any atom is 0.241 e. The molecular formula is C13H24N2O2. The Balaban J connectivity index is 2.05. The minimum atomic E-state index is -0.00285. The van der Waals surface area contributed by atoms with Crippen molar-refractivity contribution < 1.29 is 9.53 Å². The number of carbonyl (C=O) groups excluding carboxylic acids is 1. The number of nitrogens with one attached hydrogen (secondary N) is 1. The van der Waals surface area contributed by atoms with Crippen molar-refractivity contribution in [2.24, 2.45) is 5.92 Å². The van der Waals surface area contributed by atoms with E-state index in [1.54, 1.807) is 0 Å². The van der Waals surface area contributed by atoms with Gasteiger partial charge in [-0.05, 0) is 25.7 Å². The summed E-state index contributed by atoms with van der Waals surface area (Å²) in [6, 6.07) is 0.268. The topological polar surface area (TPSA) is 41.6 Å². The van der Waals surface area contributed by atoms with E-state index >= 15 is 0 Å². The van der Waals surface area contributed by atoms with E-state index < -0.39 is 0 Å². The van der Waals surface area contributed by atoms with Crippen LogP contribution in [-0.2, 0) is 9.53 Å². The van der Waals surface area contributed by atoms with Crippen LogP contribution in [0.4, 0.5) is 0 Å². The molecule has 2 saturated heterocycles. The first-order chi connectivity index (χ1) is 8.15. The highest BCUT2D eigenvalue weighted by atomic mass is 16.5. The summed E-state index contributed by atoms with van der Waals surface area (Å²) >= 11 is 0. The molecule has 2 fully saturated rings. The Labute approximate surface area is 104 Å². The smallest absolute Gasteiger partial charge is 0.241 e. The van der Waals surface area contributed by atoms with Crippen molar-refractivity contribution in [3.05, 3.63) is 0 Å². The SMILES string of the molecule is CCC(C)C1NC(C)N(C2CCCOC2)C1=O. The van der Waals surface area contributed by atoms with E-state index in [1.165, 1.54) is 0 Å². The summed E-state index contributed by atoms with van der Waals surface area (Å²) in [5.41, 5.74) is 0. The molecule has 4 atom stereocenters. The van der Waals surface area contributed by atoms with Gasteiger partial charge < -0.3 is 9.64 Å². The Hall–Kier alpha value is -0.610. The predicted octanol–water partition coefficient (Wildman–Crippen LogP) is 1.36. The van der Waals surface area contributed by atoms with Crippen LogP contribution in [0, 0.1) is 5.92 Å². The van der Waals surface area contributed by atoms with Crippen LogP contribution >= 0.6 is 0 Å². The molecule has 0 aromatic rings. The Morgan fingerprint density at radius 1 is 1.59 bits per heavy atom. The molecule has 2 heterocycles. The Bertz CT molecular complexity index is 277. The van der Waals surface area contributed by atoms with Crippen LogP contribution in [0.15, 0.2) is 0 Å². The molecule has 0 aromatic heterocycles. The van der Waals surface area contributed by atoms with E-state index in [2.05, 4.69) is 26.1 Å². The van der Waals surface area contributed by atoms with E-state index in [9.17, 15) is 4.79 Å². The zero-order valence-electron chi connectivity index (χ0n) is 11.1. The summed E-state index contributed by atoms with van der Waals surface area (Å²) in [4.78, 5) is 14.4. The average molecular weight is 240 g/mol. The van der Waals surface area contributed by atoms with Gasteiger partial charge >= 0.3 is 0 Å². The lowest BCUT2D eigenvalue weighted by atomic mass is 9.99. The van der Waals surface area contributed by atoms with E-state index in [0.29, 0.717) is 12.5 Å². The summed E-state index contributed by atoms with van der Waals surface area (Å²) in [7, 11) is 0. The lowest BCUT2D eigenvalue weighted by Gasteiger charge is -2.33. The third-order valence-electron chi connectivity index (χ3n) is 4.10. The first-order valence-corrected chi connectivity index (χ1v) is 6.81. The van der Waals surface area contributed by atoms with E-state index in [4.69, 9.17) is 4.74 Å². The zero-order valence-corrected chi connectivity index (χ0v) is 11.1. The van der Waals surface area contributed by atoms with Crippen molar-refractivity contribution in [2.45, 2.75) is 58.3 Å². The number of carbonyl (C=O) groups is 1. The van der Waals surface area contributed by atoms with Crippen LogP contribution in [0.3, 0.4) is 0 Å². The second kappa shape index (κ2) is 5.36. The molecular weight excluding hydrogens is 216 g/mol. The van der Waals surface area contributed by atoms with Gasteiger partial charge in [0.15, 0.2) is 0 Å². The van der Waals surface area contributed by atoms with Gasteiger partial charge in [-0.2, -0.15) is 0 Å². The third kappa shape index (κ3) is 2.47. The normalized spacial score (nSPS) is 36.3. The van der Waals surface area contributed by atoms with Gasteiger partial charge in [0, 0.05) is 6.61 Å². The number of hydrogen-bond acceptors (Lipinski definition) is 3. The first-order valence-electron chi connectivity index (χ1n) is 6.81. The third-order valence-corrected chi connectivity index (χ3v) is 4.10. The van der Waals surface area contributed by atoms with Crippen molar-refractivity contribution in [2.75, 3.05) is 13.2 Å². The Morgan fingerprint density at radius 3 is 2.94 bits per heavy atom. The predicted molar refractivity (Wildman–Crippen MR) is 66.5 cm³/mol. The second-order valence-corrected chi connectivity index (χ2v) is 5.32. The summed E-state index contributed by atoms with van der Waals surface area (Å²) in [5, 5.41) is 3.42. The van der Waals surface area contributed by atoms with Gasteiger partial charge in [0.05, 0.1) is 24.9 Å². The van der Waals surface area contributed by atoms with Crippen molar-refractivity contribution in [3.8, 4) is 0 Å². The highest BCUT2D eigenvalue weighted by molar-refractivity contribution is 5.85. The molecule has 0 saturated carbocycles. The van der Waals surface area contributed by atoms with Crippen LogP contribution < -0.4 is 5.32 Å². The zero-order chi connectivity index (χ0) is 12.4. The molecule has 0 aromatic carbocycles. The highest BCUT2D eigenvalue weighted by Crippen LogP contribution is 2.24. The molecule has 1 N–H and O–H groups in total. The van der Waals surface area contributed by atoms with Crippen molar-refractivity contribution in [1.29, 1.82) is 0 Å². The largest absolute Gasteiger partial charge is 0.379 e. The number of hydrogen-bond donors (Lipinski definition) is 1. The Kier molecular flexibility index (Phi) is 4.05. The lowest BCUT2D eigenvalue weighted by Crippen LogP contribution is -2.47. The molecule has 0 bridgehead atoms. The Morgan fingerprint density at radius 2 is 2.35 bits per heavy atom. The van der Waals surface area contributed by atoms with Crippen LogP contribution in [0.5, 0.6) is 0 Å². The minimum absolute atomic E-state index is 0.00285. The van der Waals surface area contributed by atoms with Crippen molar-refractivity contribution in [3.63, 3.8) is 0 Å². The second-order valence-electron chi connectivity index (χ2n) is 5.32. The van der Waals surface area contributed by atoms with E-state index in [-0.39, 0.29) is 24.2 Å². The summed E-state index contributed by atoms with van der Waals surface area (Å²) in [6.45, 7) is 7.90. The molecule has 4 heteroatoms. The van der Waals surface area contributed by atoms with E-state index in [1.807, 2.05) is 4.90 Å². The summed E-state index contributed by atoms with van der Waals surface area (Å²) in [6.07, 6.45) is 3.32. The molecule has 2 rings (SSSR count). The molecule has 4 unspecified atom stereocenters. The molecule has 17 heavy (non-hydrogen) atoms. The standard InChI is InChI=1S/C13H24N2O2/c1-4-9(2)12-13(16)15(10(3)14-12)11-6-5-7-17-8-11/h9-12,14H,4-8H2,1-3H3. The van der Waals surface area contributed by atoms with Gasteiger partial charge in [-0.15, -0.1) is 0 Å². The molecule has 0 aliphatic carbocycles. The molecule has 4 nitrogen and oxygen atoms in total.